The molecule has 1 aliphatic heterocycles. The number of anilines is 2. The van der Waals surface area contributed by atoms with Crippen LogP contribution in [0, 0.1) is 12.3 Å². The van der Waals surface area contributed by atoms with Gasteiger partial charge in [-0.05, 0) is 86.9 Å². The second-order valence-electron chi connectivity index (χ2n) is 11.4. The first-order valence-electron chi connectivity index (χ1n) is 13.7. The number of rotatable bonds is 6. The van der Waals surface area contributed by atoms with Crippen LogP contribution in [0.1, 0.15) is 63.0 Å². The minimum Gasteiger partial charge on any atom is -0.340 e. The fourth-order valence-corrected chi connectivity index (χ4v) is 9.40. The van der Waals surface area contributed by atoms with E-state index in [0.717, 1.165) is 86.6 Å². The lowest BCUT2D eigenvalue weighted by Gasteiger charge is -2.51. The molecule has 1 N–H and O–H groups in total. The summed E-state index contributed by atoms with van der Waals surface area (Å²) in [4.78, 5) is 17.7. The molecule has 2 saturated carbocycles. The molecule has 1 saturated heterocycles. The summed E-state index contributed by atoms with van der Waals surface area (Å²) in [5.74, 6) is 0.645. The second kappa shape index (κ2) is 9.99. The Morgan fingerprint density at radius 2 is 1.79 bits per heavy atom. The summed E-state index contributed by atoms with van der Waals surface area (Å²) in [6.07, 6.45) is 12.0. The Morgan fingerprint density at radius 3 is 2.47 bits per heavy atom. The number of piperidine rings is 1. The number of aryl methyl sites for hydroxylation is 1. The maximum absolute atomic E-state index is 13.4. The molecular weight excluding hydrogens is 516 g/mol. The Balaban J connectivity index is 1.20. The van der Waals surface area contributed by atoms with E-state index in [9.17, 15) is 13.2 Å². The van der Waals surface area contributed by atoms with Gasteiger partial charge in [0.2, 0.25) is 0 Å². The van der Waals surface area contributed by atoms with Gasteiger partial charge in [-0.1, -0.05) is 24.8 Å². The van der Waals surface area contributed by atoms with E-state index in [-0.39, 0.29) is 22.3 Å². The second-order valence-corrected chi connectivity index (χ2v) is 14.5. The van der Waals surface area contributed by atoms with Crippen LogP contribution in [0.2, 0.25) is 0 Å². The topological polar surface area (TPSA) is 84.3 Å². The number of aromatic nitrogens is 2. The number of nitrogens with zero attached hydrogens (tertiary/aromatic N) is 3. The molecule has 3 fully saturated rings. The molecule has 1 spiro atoms. The number of fused-ring (bicyclic) bond motifs is 1. The molecule has 1 aromatic carbocycles. The van der Waals surface area contributed by atoms with Crippen molar-refractivity contribution in [1.82, 2.24) is 13.9 Å². The Labute approximate surface area is 229 Å². The maximum atomic E-state index is 13.4. The summed E-state index contributed by atoms with van der Waals surface area (Å²) in [6, 6.07) is 11.0. The van der Waals surface area contributed by atoms with Gasteiger partial charge < -0.3 is 9.88 Å². The van der Waals surface area contributed by atoms with Gasteiger partial charge in [-0.2, -0.15) is 0 Å². The van der Waals surface area contributed by atoms with Crippen molar-refractivity contribution in [1.29, 1.82) is 0 Å². The number of sulfone groups is 1. The number of nitrogens with one attached hydrogen (secondary N) is 1. The molecule has 7 nitrogen and oxygen atoms in total. The molecule has 0 amide bonds. The first-order chi connectivity index (χ1) is 18.3. The maximum Gasteiger partial charge on any atom is 0.251 e. The van der Waals surface area contributed by atoms with Crippen molar-refractivity contribution in [2.45, 2.75) is 74.5 Å². The van der Waals surface area contributed by atoms with Crippen LogP contribution in [0.3, 0.4) is 0 Å². The lowest BCUT2D eigenvalue weighted by Crippen LogP contribution is -2.50. The van der Waals surface area contributed by atoms with E-state index in [4.69, 9.17) is 0 Å². The van der Waals surface area contributed by atoms with Crippen molar-refractivity contribution in [2.24, 2.45) is 5.41 Å². The van der Waals surface area contributed by atoms with Crippen LogP contribution in [0.4, 0.5) is 11.5 Å². The number of benzene rings is 1. The van der Waals surface area contributed by atoms with Crippen LogP contribution in [0.25, 0.3) is 10.9 Å². The Hall–Kier alpha value is -2.36. The van der Waals surface area contributed by atoms with Crippen LogP contribution >= 0.6 is 11.9 Å². The van der Waals surface area contributed by atoms with Crippen molar-refractivity contribution < 1.29 is 8.42 Å². The lowest BCUT2D eigenvalue weighted by molar-refractivity contribution is 0.0674. The zero-order valence-electron chi connectivity index (χ0n) is 22.2. The summed E-state index contributed by atoms with van der Waals surface area (Å²) in [5, 5.41) is 4.03. The number of hydrogen-bond acceptors (Lipinski definition) is 7. The fourth-order valence-electron chi connectivity index (χ4n) is 6.72. The molecule has 3 heterocycles. The summed E-state index contributed by atoms with van der Waals surface area (Å²) < 4.78 is 31.2. The van der Waals surface area contributed by atoms with Crippen molar-refractivity contribution in [3.8, 4) is 0 Å². The minimum atomic E-state index is -3.36. The molecule has 2 aromatic heterocycles. The molecule has 0 radical (unpaired) electrons. The van der Waals surface area contributed by atoms with E-state index in [1.807, 2.05) is 29.7 Å². The van der Waals surface area contributed by atoms with Crippen LogP contribution < -0.4 is 10.9 Å². The predicted octanol–water partition coefficient (Wildman–Crippen LogP) is 5.86. The average molecular weight is 553 g/mol. The van der Waals surface area contributed by atoms with Crippen molar-refractivity contribution in [2.75, 3.05) is 24.7 Å². The predicted molar refractivity (Wildman–Crippen MR) is 155 cm³/mol. The lowest BCUT2D eigenvalue weighted by atomic mass is 9.63. The van der Waals surface area contributed by atoms with Crippen molar-refractivity contribution in [3.05, 3.63) is 58.5 Å². The van der Waals surface area contributed by atoms with E-state index >= 15 is 0 Å². The first-order valence-corrected chi connectivity index (χ1v) is 16.4. The SMILES string of the molecule is CSN1CCC2(CC1)CC(S(=O)(=O)c1ccc(Nc3cc4c(ccc(=O)n4C4CCCC4)cn3)c(C)c1)C2. The van der Waals surface area contributed by atoms with E-state index in [1.54, 1.807) is 36.3 Å². The summed E-state index contributed by atoms with van der Waals surface area (Å²) >= 11 is 1.78. The fraction of sp³-hybridized carbons (Fsp3) is 0.517. The molecule has 202 valence electrons. The minimum absolute atomic E-state index is 0.0277. The average Bonchev–Trinajstić information content (AvgIpc) is 3.42. The van der Waals surface area contributed by atoms with Gasteiger partial charge in [0.15, 0.2) is 9.84 Å². The molecule has 3 aliphatic rings. The van der Waals surface area contributed by atoms with Crippen LogP contribution in [0.5, 0.6) is 0 Å². The monoisotopic (exact) mass is 552 g/mol. The first kappa shape index (κ1) is 25.9. The van der Waals surface area contributed by atoms with Crippen LogP contribution in [-0.2, 0) is 9.84 Å². The Bertz CT molecular complexity index is 1510. The van der Waals surface area contributed by atoms with Gasteiger partial charge >= 0.3 is 0 Å². The summed E-state index contributed by atoms with van der Waals surface area (Å²) in [7, 11) is -3.36. The molecule has 9 heteroatoms. The molecule has 38 heavy (non-hydrogen) atoms. The molecular formula is C29H36N4O3S2. The van der Waals surface area contributed by atoms with E-state index in [1.165, 1.54) is 0 Å². The zero-order valence-corrected chi connectivity index (χ0v) is 23.8. The third-order valence-corrected chi connectivity index (χ3v) is 12.1. The Kier molecular flexibility index (Phi) is 6.81. The molecule has 0 bridgehead atoms. The van der Waals surface area contributed by atoms with E-state index < -0.39 is 9.84 Å². The third-order valence-electron chi connectivity index (χ3n) is 9.09. The Morgan fingerprint density at radius 1 is 1.05 bits per heavy atom. The zero-order chi connectivity index (χ0) is 26.5. The van der Waals surface area contributed by atoms with Crippen molar-refractivity contribution in [3.63, 3.8) is 0 Å². The number of hydrogen-bond donors (Lipinski definition) is 1. The summed E-state index contributed by atoms with van der Waals surface area (Å²) in [5.41, 5.74) is 2.80. The molecule has 3 aromatic rings. The molecule has 0 atom stereocenters. The van der Waals surface area contributed by atoms with Gasteiger partial charge in [0.1, 0.15) is 5.82 Å². The highest BCUT2D eigenvalue weighted by Gasteiger charge is 2.51. The highest BCUT2D eigenvalue weighted by molar-refractivity contribution is 7.96. The van der Waals surface area contributed by atoms with Gasteiger partial charge in [0, 0.05) is 48.5 Å². The number of pyridine rings is 2. The highest BCUT2D eigenvalue weighted by Crippen LogP contribution is 2.53. The molecule has 2 aliphatic carbocycles. The smallest absolute Gasteiger partial charge is 0.251 e. The molecule has 6 rings (SSSR count). The quantitative estimate of drug-likeness (QED) is 0.384. The van der Waals surface area contributed by atoms with E-state index in [2.05, 4.69) is 20.9 Å². The highest BCUT2D eigenvalue weighted by atomic mass is 32.2. The largest absolute Gasteiger partial charge is 0.340 e. The van der Waals surface area contributed by atoms with Gasteiger partial charge in [-0.3, -0.25) is 9.10 Å². The molecule has 0 unspecified atom stereocenters. The third kappa shape index (κ3) is 4.67. The van der Waals surface area contributed by atoms with Crippen LogP contribution in [0.15, 0.2) is 52.3 Å². The van der Waals surface area contributed by atoms with Crippen LogP contribution in [-0.4, -0.2) is 46.9 Å². The van der Waals surface area contributed by atoms with Crippen molar-refractivity contribution >= 4 is 44.2 Å². The van der Waals surface area contributed by atoms with Gasteiger partial charge in [-0.15, -0.1) is 0 Å². The summed E-state index contributed by atoms with van der Waals surface area (Å²) in [6.45, 7) is 4.03. The van der Waals surface area contributed by atoms with E-state index in [0.29, 0.717) is 10.7 Å². The normalized spacial score (nSPS) is 20.7. The van der Waals surface area contributed by atoms with Gasteiger partial charge in [-0.25, -0.2) is 13.4 Å². The van der Waals surface area contributed by atoms with Gasteiger partial charge in [0.05, 0.1) is 15.7 Å². The standard InChI is InChI=1S/C29H36N4O3S2/c1-20-15-23(38(35,36)24-17-29(18-24)11-13-32(37-2)14-12-29)8-9-25(20)31-27-16-26-21(19-30-27)7-10-28(34)33(26)22-5-3-4-6-22/h7-10,15-16,19,22,24H,3-6,11-14,17-18H2,1-2H3,(H,30,31). The van der Waals surface area contributed by atoms with Gasteiger partial charge in [0.25, 0.3) is 5.56 Å².